The van der Waals surface area contributed by atoms with Crippen LogP contribution in [0, 0.1) is 0 Å². The Bertz CT molecular complexity index is 453. The van der Waals surface area contributed by atoms with E-state index in [1.54, 1.807) is 11.3 Å². The van der Waals surface area contributed by atoms with Crippen LogP contribution in [0.15, 0.2) is 11.4 Å². The standard InChI is InChI=1S/C10H13N3S2/c1-2-4-14-6-8-12-9(11)7-3-5-15-10(7)13-8/h3,5H,2,4,6H2,1H3,(H2,11,12,13). The molecule has 0 bridgehead atoms. The molecule has 5 heteroatoms. The molecule has 0 amide bonds. The van der Waals surface area contributed by atoms with Crippen molar-refractivity contribution in [3.05, 3.63) is 17.3 Å². The minimum atomic E-state index is 0.605. The second-order valence-corrected chi connectivity index (χ2v) is 5.22. The first-order valence-corrected chi connectivity index (χ1v) is 6.92. The minimum Gasteiger partial charge on any atom is -0.383 e. The molecular formula is C10H13N3S2. The maximum atomic E-state index is 5.85. The number of rotatable bonds is 4. The van der Waals surface area contributed by atoms with Crippen LogP contribution in [0.25, 0.3) is 10.2 Å². The van der Waals surface area contributed by atoms with Gasteiger partial charge in [-0.25, -0.2) is 9.97 Å². The van der Waals surface area contributed by atoms with Gasteiger partial charge in [0.15, 0.2) is 0 Å². The van der Waals surface area contributed by atoms with Crippen molar-refractivity contribution in [2.45, 2.75) is 19.1 Å². The zero-order valence-electron chi connectivity index (χ0n) is 8.56. The number of nitrogen functional groups attached to an aromatic ring is 1. The number of hydrogen-bond donors (Lipinski definition) is 1. The smallest absolute Gasteiger partial charge is 0.142 e. The molecule has 0 aliphatic carbocycles. The van der Waals surface area contributed by atoms with Crippen molar-refractivity contribution >= 4 is 39.1 Å². The molecule has 0 fully saturated rings. The van der Waals surface area contributed by atoms with Crippen LogP contribution in [-0.4, -0.2) is 15.7 Å². The molecule has 2 aromatic heterocycles. The quantitative estimate of drug-likeness (QED) is 0.833. The fourth-order valence-corrected chi connectivity index (χ4v) is 2.83. The Morgan fingerprint density at radius 3 is 3.13 bits per heavy atom. The van der Waals surface area contributed by atoms with Crippen molar-refractivity contribution in [3.63, 3.8) is 0 Å². The maximum absolute atomic E-state index is 5.85. The van der Waals surface area contributed by atoms with Crippen LogP contribution >= 0.6 is 23.1 Å². The molecule has 2 aromatic rings. The molecule has 0 aliphatic rings. The predicted octanol–water partition coefficient (Wildman–Crippen LogP) is 2.92. The molecule has 0 saturated heterocycles. The summed E-state index contributed by atoms with van der Waals surface area (Å²) in [6.07, 6.45) is 1.18. The minimum absolute atomic E-state index is 0.605. The Morgan fingerprint density at radius 1 is 1.47 bits per heavy atom. The van der Waals surface area contributed by atoms with Gasteiger partial charge in [0.05, 0.1) is 11.1 Å². The summed E-state index contributed by atoms with van der Waals surface area (Å²) in [7, 11) is 0. The summed E-state index contributed by atoms with van der Waals surface area (Å²) in [6.45, 7) is 2.17. The molecule has 15 heavy (non-hydrogen) atoms. The van der Waals surface area contributed by atoms with E-state index in [1.165, 1.54) is 6.42 Å². The van der Waals surface area contributed by atoms with Crippen molar-refractivity contribution in [3.8, 4) is 0 Å². The summed E-state index contributed by atoms with van der Waals surface area (Å²) in [5, 5.41) is 2.97. The van der Waals surface area contributed by atoms with E-state index in [-0.39, 0.29) is 0 Å². The number of nitrogens with zero attached hydrogens (tertiary/aromatic N) is 2. The first-order chi connectivity index (χ1) is 7.31. The summed E-state index contributed by atoms with van der Waals surface area (Å²) in [5.41, 5.74) is 5.85. The third kappa shape index (κ3) is 2.41. The fraction of sp³-hybridized carbons (Fsp3) is 0.400. The van der Waals surface area contributed by atoms with Crippen molar-refractivity contribution in [1.82, 2.24) is 9.97 Å². The van der Waals surface area contributed by atoms with Gasteiger partial charge >= 0.3 is 0 Å². The number of anilines is 1. The van der Waals surface area contributed by atoms with Gasteiger partial charge in [-0.3, -0.25) is 0 Å². The van der Waals surface area contributed by atoms with E-state index in [1.807, 2.05) is 23.2 Å². The Kier molecular flexibility index (Phi) is 3.43. The molecule has 2 rings (SSSR count). The zero-order chi connectivity index (χ0) is 10.7. The van der Waals surface area contributed by atoms with E-state index in [4.69, 9.17) is 5.73 Å². The molecule has 80 valence electrons. The third-order valence-electron chi connectivity index (χ3n) is 1.98. The van der Waals surface area contributed by atoms with Crippen LogP contribution in [0.3, 0.4) is 0 Å². The van der Waals surface area contributed by atoms with Gasteiger partial charge in [-0.1, -0.05) is 6.92 Å². The summed E-state index contributed by atoms with van der Waals surface area (Å²) in [6, 6.07) is 1.97. The summed E-state index contributed by atoms with van der Waals surface area (Å²) in [5.74, 6) is 3.45. The average Bonchev–Trinajstić information content (AvgIpc) is 2.66. The van der Waals surface area contributed by atoms with Gasteiger partial charge in [0.2, 0.25) is 0 Å². The number of thioether (sulfide) groups is 1. The molecule has 3 nitrogen and oxygen atoms in total. The van der Waals surface area contributed by atoms with Gasteiger partial charge in [0.25, 0.3) is 0 Å². The Morgan fingerprint density at radius 2 is 2.33 bits per heavy atom. The highest BCUT2D eigenvalue weighted by Crippen LogP contribution is 2.24. The molecule has 0 unspecified atom stereocenters. The van der Waals surface area contributed by atoms with Crippen LogP contribution in [0.5, 0.6) is 0 Å². The van der Waals surface area contributed by atoms with Gasteiger partial charge in [-0.05, 0) is 23.6 Å². The number of nitrogens with two attached hydrogens (primary N) is 1. The first kappa shape index (κ1) is 10.7. The Hall–Kier alpha value is -0.810. The highest BCUT2D eigenvalue weighted by molar-refractivity contribution is 7.98. The van der Waals surface area contributed by atoms with Gasteiger partial charge in [-0.2, -0.15) is 11.8 Å². The Balaban J connectivity index is 2.21. The summed E-state index contributed by atoms with van der Waals surface area (Å²) >= 11 is 3.46. The van der Waals surface area contributed by atoms with Crippen molar-refractivity contribution in [2.75, 3.05) is 11.5 Å². The van der Waals surface area contributed by atoms with E-state index in [0.29, 0.717) is 5.82 Å². The highest BCUT2D eigenvalue weighted by Gasteiger charge is 2.05. The Labute approximate surface area is 97.1 Å². The highest BCUT2D eigenvalue weighted by atomic mass is 32.2. The monoisotopic (exact) mass is 239 g/mol. The molecule has 0 radical (unpaired) electrons. The van der Waals surface area contributed by atoms with Gasteiger partial charge in [0, 0.05) is 0 Å². The summed E-state index contributed by atoms with van der Waals surface area (Å²) < 4.78 is 0. The van der Waals surface area contributed by atoms with E-state index in [2.05, 4.69) is 16.9 Å². The maximum Gasteiger partial charge on any atom is 0.142 e. The number of fused-ring (bicyclic) bond motifs is 1. The molecule has 0 aliphatic heterocycles. The zero-order valence-corrected chi connectivity index (χ0v) is 10.2. The summed E-state index contributed by atoms with van der Waals surface area (Å²) in [4.78, 5) is 9.77. The topological polar surface area (TPSA) is 51.8 Å². The van der Waals surface area contributed by atoms with Crippen LogP contribution in [0.2, 0.25) is 0 Å². The van der Waals surface area contributed by atoms with Crippen molar-refractivity contribution < 1.29 is 0 Å². The number of aromatic nitrogens is 2. The second kappa shape index (κ2) is 4.81. The van der Waals surface area contributed by atoms with E-state index in [0.717, 1.165) is 27.5 Å². The second-order valence-electron chi connectivity index (χ2n) is 3.22. The molecular weight excluding hydrogens is 226 g/mol. The van der Waals surface area contributed by atoms with Crippen LogP contribution < -0.4 is 5.73 Å². The first-order valence-electron chi connectivity index (χ1n) is 4.88. The van der Waals surface area contributed by atoms with Gasteiger partial charge < -0.3 is 5.73 Å². The van der Waals surface area contributed by atoms with Gasteiger partial charge in [-0.15, -0.1) is 11.3 Å². The van der Waals surface area contributed by atoms with Crippen LogP contribution in [0.1, 0.15) is 19.2 Å². The lowest BCUT2D eigenvalue weighted by Gasteiger charge is -2.01. The molecule has 0 atom stereocenters. The SMILES string of the molecule is CCCSCc1nc(N)c2ccsc2n1. The normalized spacial score (nSPS) is 11.0. The molecule has 0 aromatic carbocycles. The van der Waals surface area contributed by atoms with Crippen molar-refractivity contribution in [2.24, 2.45) is 0 Å². The predicted molar refractivity (Wildman–Crippen MR) is 68.3 cm³/mol. The molecule has 0 spiro atoms. The lowest BCUT2D eigenvalue weighted by Crippen LogP contribution is -1.98. The van der Waals surface area contributed by atoms with E-state index < -0.39 is 0 Å². The number of hydrogen-bond acceptors (Lipinski definition) is 5. The average molecular weight is 239 g/mol. The third-order valence-corrected chi connectivity index (χ3v) is 3.95. The largest absolute Gasteiger partial charge is 0.383 e. The molecule has 2 N–H and O–H groups in total. The van der Waals surface area contributed by atoms with E-state index in [9.17, 15) is 0 Å². The van der Waals surface area contributed by atoms with Crippen LogP contribution in [-0.2, 0) is 5.75 Å². The van der Waals surface area contributed by atoms with E-state index >= 15 is 0 Å². The molecule has 0 saturated carbocycles. The van der Waals surface area contributed by atoms with Crippen LogP contribution in [0.4, 0.5) is 5.82 Å². The van der Waals surface area contributed by atoms with Gasteiger partial charge in [0.1, 0.15) is 16.5 Å². The number of thiophene rings is 1. The lowest BCUT2D eigenvalue weighted by molar-refractivity contribution is 1.07. The lowest BCUT2D eigenvalue weighted by atomic mass is 10.4. The molecule has 2 heterocycles. The fourth-order valence-electron chi connectivity index (χ4n) is 1.30. The van der Waals surface area contributed by atoms with Crippen molar-refractivity contribution in [1.29, 1.82) is 0 Å².